The predicted octanol–water partition coefficient (Wildman–Crippen LogP) is 1.50. The first-order valence-corrected chi connectivity index (χ1v) is 6.12. The van der Waals surface area contributed by atoms with Gasteiger partial charge in [-0.2, -0.15) is 0 Å². The lowest BCUT2D eigenvalue weighted by molar-refractivity contribution is -0.142. The van der Waals surface area contributed by atoms with Crippen molar-refractivity contribution < 1.29 is 14.3 Å². The summed E-state index contributed by atoms with van der Waals surface area (Å²) in [5.41, 5.74) is 1.09. The highest BCUT2D eigenvalue weighted by molar-refractivity contribution is 5.81. The minimum atomic E-state index is -0.287. The molecule has 1 aliphatic carbocycles. The van der Waals surface area contributed by atoms with Crippen LogP contribution in [0, 0.1) is 11.8 Å². The van der Waals surface area contributed by atoms with Gasteiger partial charge in [0, 0.05) is 25.3 Å². The minimum Gasteiger partial charge on any atom is -0.466 e. The molecule has 1 amide bonds. The Bertz CT molecular complexity index is 430. The highest BCUT2D eigenvalue weighted by Gasteiger charge is 2.43. The molecule has 1 saturated carbocycles. The lowest BCUT2D eigenvalue weighted by Crippen LogP contribution is -2.25. The monoisotopic (exact) mass is 247 g/mol. The second-order valence-electron chi connectivity index (χ2n) is 4.61. The van der Waals surface area contributed by atoms with Gasteiger partial charge >= 0.3 is 5.97 Å². The van der Waals surface area contributed by atoms with Crippen molar-refractivity contribution in [2.75, 3.05) is 6.61 Å². The molecule has 1 aromatic carbocycles. The van der Waals surface area contributed by atoms with Gasteiger partial charge in [-0.05, 0) is 12.0 Å². The van der Waals surface area contributed by atoms with Crippen LogP contribution in [-0.4, -0.2) is 18.5 Å². The molecule has 0 heterocycles. The summed E-state index contributed by atoms with van der Waals surface area (Å²) in [5, 5.41) is 2.90. The maximum atomic E-state index is 11.8. The third-order valence-electron chi connectivity index (χ3n) is 3.07. The largest absolute Gasteiger partial charge is 0.466 e. The van der Waals surface area contributed by atoms with Gasteiger partial charge in [0.1, 0.15) is 0 Å². The molecule has 1 aromatic rings. The molecule has 4 heteroatoms. The van der Waals surface area contributed by atoms with Gasteiger partial charge in [0.15, 0.2) is 0 Å². The molecule has 0 aromatic heterocycles. The molecule has 0 saturated heterocycles. The summed E-state index contributed by atoms with van der Waals surface area (Å²) in [5.74, 6) is -0.0286. The Hall–Kier alpha value is -1.84. The van der Waals surface area contributed by atoms with Gasteiger partial charge < -0.3 is 10.1 Å². The summed E-state index contributed by atoms with van der Waals surface area (Å²) in [6.07, 6.45) is 0.813. The van der Waals surface area contributed by atoms with Crippen molar-refractivity contribution >= 4 is 11.9 Å². The Balaban J connectivity index is 1.69. The number of carbonyl (C=O) groups is 2. The molecule has 4 nitrogen and oxygen atoms in total. The summed E-state index contributed by atoms with van der Waals surface area (Å²) in [6, 6.07) is 9.79. The van der Waals surface area contributed by atoms with E-state index in [1.54, 1.807) is 0 Å². The van der Waals surface area contributed by atoms with E-state index in [4.69, 9.17) is 4.74 Å². The fourth-order valence-corrected chi connectivity index (χ4v) is 1.89. The highest BCUT2D eigenvalue weighted by Crippen LogP contribution is 2.38. The van der Waals surface area contributed by atoms with Crippen LogP contribution >= 0.6 is 0 Å². The quantitative estimate of drug-likeness (QED) is 0.802. The minimum absolute atomic E-state index is 0.00747. The number of nitrogens with one attached hydrogen (secondary N) is 1. The summed E-state index contributed by atoms with van der Waals surface area (Å²) >= 11 is 0. The van der Waals surface area contributed by atoms with Crippen molar-refractivity contribution in [1.29, 1.82) is 0 Å². The summed E-state index contributed by atoms with van der Waals surface area (Å²) < 4.78 is 4.89. The average Bonchev–Trinajstić information content (AvgIpc) is 3.14. The molecule has 1 aliphatic rings. The van der Waals surface area contributed by atoms with Gasteiger partial charge in [0.25, 0.3) is 0 Å². The standard InChI is InChI=1S/C14H17NO3/c1-10(16)18-9-12-7-13(12)14(17)15-8-11-5-3-2-4-6-11/h2-6,12-13H,7-9H2,1H3,(H,15,17)/t12-,13-/m0/s1. The molecular weight excluding hydrogens is 230 g/mol. The van der Waals surface area contributed by atoms with E-state index in [1.807, 2.05) is 30.3 Å². The number of rotatable bonds is 5. The zero-order valence-electron chi connectivity index (χ0n) is 10.4. The number of ether oxygens (including phenoxy) is 1. The summed E-state index contributed by atoms with van der Waals surface area (Å²) in [6.45, 7) is 2.29. The highest BCUT2D eigenvalue weighted by atomic mass is 16.5. The molecular formula is C14H17NO3. The zero-order valence-corrected chi connectivity index (χ0v) is 10.4. The van der Waals surface area contributed by atoms with Gasteiger partial charge in [-0.15, -0.1) is 0 Å². The molecule has 1 N–H and O–H groups in total. The lowest BCUT2D eigenvalue weighted by atomic mass is 10.2. The molecule has 0 aliphatic heterocycles. The van der Waals surface area contributed by atoms with Crippen LogP contribution in [0.2, 0.25) is 0 Å². The molecule has 0 spiro atoms. The zero-order chi connectivity index (χ0) is 13.0. The van der Waals surface area contributed by atoms with Crippen LogP contribution in [0.5, 0.6) is 0 Å². The van der Waals surface area contributed by atoms with Gasteiger partial charge in [-0.1, -0.05) is 30.3 Å². The molecule has 2 atom stereocenters. The van der Waals surface area contributed by atoms with E-state index in [2.05, 4.69) is 5.32 Å². The number of hydrogen-bond acceptors (Lipinski definition) is 3. The van der Waals surface area contributed by atoms with E-state index in [1.165, 1.54) is 6.92 Å². The van der Waals surface area contributed by atoms with Crippen LogP contribution in [0.25, 0.3) is 0 Å². The Kier molecular flexibility index (Phi) is 3.97. The van der Waals surface area contributed by atoms with Gasteiger partial charge in [0.2, 0.25) is 5.91 Å². The van der Waals surface area contributed by atoms with Crippen LogP contribution in [0.15, 0.2) is 30.3 Å². The van der Waals surface area contributed by atoms with Crippen LogP contribution in [0.1, 0.15) is 18.9 Å². The summed E-state index contributed by atoms with van der Waals surface area (Å²) in [4.78, 5) is 22.4. The van der Waals surface area contributed by atoms with Crippen molar-refractivity contribution in [3.63, 3.8) is 0 Å². The maximum Gasteiger partial charge on any atom is 0.302 e. The number of benzene rings is 1. The van der Waals surface area contributed by atoms with Crippen LogP contribution in [-0.2, 0) is 20.9 Å². The van der Waals surface area contributed by atoms with Gasteiger partial charge in [-0.3, -0.25) is 9.59 Å². The molecule has 18 heavy (non-hydrogen) atoms. The average molecular weight is 247 g/mol. The topological polar surface area (TPSA) is 55.4 Å². The van der Waals surface area contributed by atoms with E-state index >= 15 is 0 Å². The van der Waals surface area contributed by atoms with E-state index < -0.39 is 0 Å². The fourth-order valence-electron chi connectivity index (χ4n) is 1.89. The second-order valence-corrected chi connectivity index (χ2v) is 4.61. The first-order chi connectivity index (χ1) is 8.66. The predicted molar refractivity (Wildman–Crippen MR) is 66.5 cm³/mol. The molecule has 0 unspecified atom stereocenters. The van der Waals surface area contributed by atoms with Crippen molar-refractivity contribution in [3.8, 4) is 0 Å². The molecule has 0 bridgehead atoms. The first-order valence-electron chi connectivity index (χ1n) is 6.12. The Morgan fingerprint density at radius 3 is 2.72 bits per heavy atom. The third-order valence-corrected chi connectivity index (χ3v) is 3.07. The SMILES string of the molecule is CC(=O)OC[C@@H]1C[C@@H]1C(=O)NCc1ccccc1. The third kappa shape index (κ3) is 3.58. The van der Waals surface area contributed by atoms with Crippen molar-refractivity contribution in [2.45, 2.75) is 19.9 Å². The Labute approximate surface area is 106 Å². The molecule has 1 fully saturated rings. The van der Waals surface area contributed by atoms with Crippen LogP contribution in [0.4, 0.5) is 0 Å². The first kappa shape index (κ1) is 12.6. The number of hydrogen-bond donors (Lipinski definition) is 1. The molecule has 0 radical (unpaired) electrons. The summed E-state index contributed by atoms with van der Waals surface area (Å²) in [7, 11) is 0. The van der Waals surface area contributed by atoms with Gasteiger partial charge in [0.05, 0.1) is 6.61 Å². The van der Waals surface area contributed by atoms with Crippen molar-refractivity contribution in [3.05, 3.63) is 35.9 Å². The van der Waals surface area contributed by atoms with E-state index in [0.717, 1.165) is 12.0 Å². The van der Waals surface area contributed by atoms with E-state index in [0.29, 0.717) is 13.2 Å². The van der Waals surface area contributed by atoms with Crippen molar-refractivity contribution in [1.82, 2.24) is 5.32 Å². The smallest absolute Gasteiger partial charge is 0.302 e. The number of carbonyl (C=O) groups excluding carboxylic acids is 2. The maximum absolute atomic E-state index is 11.8. The normalized spacial score (nSPS) is 21.2. The molecule has 96 valence electrons. The van der Waals surface area contributed by atoms with E-state index in [9.17, 15) is 9.59 Å². The van der Waals surface area contributed by atoms with Crippen LogP contribution in [0.3, 0.4) is 0 Å². The number of esters is 1. The Morgan fingerprint density at radius 2 is 2.06 bits per heavy atom. The van der Waals surface area contributed by atoms with Gasteiger partial charge in [-0.25, -0.2) is 0 Å². The lowest BCUT2D eigenvalue weighted by Gasteiger charge is -2.05. The number of amides is 1. The van der Waals surface area contributed by atoms with Crippen molar-refractivity contribution in [2.24, 2.45) is 11.8 Å². The van der Waals surface area contributed by atoms with E-state index in [-0.39, 0.29) is 23.7 Å². The Morgan fingerprint density at radius 1 is 1.33 bits per heavy atom. The van der Waals surface area contributed by atoms with Crippen LogP contribution < -0.4 is 5.32 Å². The fraction of sp³-hybridized carbons (Fsp3) is 0.429. The molecule has 2 rings (SSSR count). The second kappa shape index (κ2) is 5.67.